The fourth-order valence-corrected chi connectivity index (χ4v) is 3.45. The van der Waals surface area contributed by atoms with Gasteiger partial charge in [0.15, 0.2) is 9.84 Å². The average molecular weight is 382 g/mol. The molecule has 0 bridgehead atoms. The van der Waals surface area contributed by atoms with E-state index in [-0.39, 0.29) is 28.3 Å². The Labute approximate surface area is 150 Å². The number of carbonyl (C=O) groups excluding carboxylic acids is 2. The number of amides is 1. The van der Waals surface area contributed by atoms with E-state index in [4.69, 9.17) is 11.6 Å². The number of para-hydroxylation sites is 1. The van der Waals surface area contributed by atoms with Gasteiger partial charge >= 0.3 is 5.97 Å². The normalized spacial score (nSPS) is 11.0. The average Bonchev–Trinajstić information content (AvgIpc) is 2.60. The van der Waals surface area contributed by atoms with Crippen LogP contribution in [0, 0.1) is 0 Å². The van der Waals surface area contributed by atoms with Gasteiger partial charge in [0.1, 0.15) is 0 Å². The maximum absolute atomic E-state index is 12.2. The summed E-state index contributed by atoms with van der Waals surface area (Å²) < 4.78 is 29.1. The van der Waals surface area contributed by atoms with Crippen molar-refractivity contribution < 1.29 is 22.7 Å². The molecule has 0 saturated carbocycles. The summed E-state index contributed by atoms with van der Waals surface area (Å²) >= 11 is 5.74. The first kappa shape index (κ1) is 19.0. The van der Waals surface area contributed by atoms with Crippen LogP contribution in [0.1, 0.15) is 16.8 Å². The van der Waals surface area contributed by atoms with Crippen LogP contribution < -0.4 is 5.32 Å². The molecule has 0 aliphatic heterocycles. The van der Waals surface area contributed by atoms with E-state index in [0.717, 1.165) is 0 Å². The molecule has 0 fully saturated rings. The first-order valence-corrected chi connectivity index (χ1v) is 9.32. The zero-order valence-corrected chi connectivity index (χ0v) is 14.9. The molecule has 2 aromatic carbocycles. The number of esters is 1. The van der Waals surface area contributed by atoms with Gasteiger partial charge in [0.05, 0.1) is 29.0 Å². The van der Waals surface area contributed by atoms with Crippen LogP contribution in [0.4, 0.5) is 5.69 Å². The maximum Gasteiger partial charge on any atom is 0.339 e. The van der Waals surface area contributed by atoms with Gasteiger partial charge in [0, 0.05) is 11.4 Å². The number of halogens is 1. The van der Waals surface area contributed by atoms with E-state index in [2.05, 4.69) is 10.1 Å². The number of rotatable bonds is 6. The second-order valence-corrected chi connectivity index (χ2v) is 7.65. The molecule has 0 spiro atoms. The third-order valence-corrected chi connectivity index (χ3v) is 5.36. The quantitative estimate of drug-likeness (QED) is 0.777. The van der Waals surface area contributed by atoms with E-state index >= 15 is 0 Å². The molecule has 0 atom stereocenters. The highest BCUT2D eigenvalue weighted by Crippen LogP contribution is 2.18. The molecule has 1 N–H and O–H groups in total. The van der Waals surface area contributed by atoms with Crippen LogP contribution in [0.5, 0.6) is 0 Å². The highest BCUT2D eigenvalue weighted by molar-refractivity contribution is 7.91. The number of hydrogen-bond acceptors (Lipinski definition) is 5. The highest BCUT2D eigenvalue weighted by Gasteiger charge is 2.18. The molecule has 1 amide bonds. The number of ether oxygens (including phenoxy) is 1. The monoisotopic (exact) mass is 381 g/mol. The van der Waals surface area contributed by atoms with Crippen LogP contribution in [-0.2, 0) is 19.4 Å². The van der Waals surface area contributed by atoms with Crippen molar-refractivity contribution in [2.24, 2.45) is 0 Å². The van der Waals surface area contributed by atoms with Crippen LogP contribution in [0.3, 0.4) is 0 Å². The van der Waals surface area contributed by atoms with E-state index in [1.54, 1.807) is 12.1 Å². The first-order chi connectivity index (χ1) is 11.8. The van der Waals surface area contributed by atoms with Gasteiger partial charge in [-0.2, -0.15) is 0 Å². The number of nitrogens with one attached hydrogen (secondary N) is 1. The number of anilines is 1. The van der Waals surface area contributed by atoms with Crippen molar-refractivity contribution in [3.63, 3.8) is 0 Å². The molecule has 2 rings (SSSR count). The number of hydrogen-bond donors (Lipinski definition) is 1. The lowest BCUT2D eigenvalue weighted by Gasteiger charge is -2.10. The van der Waals surface area contributed by atoms with Gasteiger partial charge in [-0.25, -0.2) is 13.2 Å². The minimum Gasteiger partial charge on any atom is -0.465 e. The van der Waals surface area contributed by atoms with Gasteiger partial charge in [0.2, 0.25) is 5.91 Å². The number of benzene rings is 2. The lowest BCUT2D eigenvalue weighted by atomic mass is 10.2. The van der Waals surface area contributed by atoms with Crippen molar-refractivity contribution in [3.05, 3.63) is 59.1 Å². The SMILES string of the molecule is COC(=O)c1ccccc1NC(=O)CCS(=O)(=O)c1ccc(Cl)cc1. The fraction of sp³-hybridized carbons (Fsp3) is 0.176. The molecule has 0 aromatic heterocycles. The predicted octanol–water partition coefficient (Wildman–Crippen LogP) is 2.93. The van der Waals surface area contributed by atoms with Crippen LogP contribution in [0.2, 0.25) is 5.02 Å². The number of sulfone groups is 1. The molecule has 6 nitrogen and oxygen atoms in total. The Hall–Kier alpha value is -2.38. The summed E-state index contributed by atoms with van der Waals surface area (Å²) in [6, 6.07) is 12.1. The van der Waals surface area contributed by atoms with Gasteiger partial charge in [-0.3, -0.25) is 4.79 Å². The molecule has 0 aliphatic rings. The molecule has 8 heteroatoms. The standard InChI is InChI=1S/C17H16ClNO5S/c1-24-17(21)14-4-2-3-5-15(14)19-16(20)10-11-25(22,23)13-8-6-12(18)7-9-13/h2-9H,10-11H2,1H3,(H,19,20). The second-order valence-electron chi connectivity index (χ2n) is 5.11. The third kappa shape index (κ3) is 5.04. The summed E-state index contributed by atoms with van der Waals surface area (Å²) in [5.41, 5.74) is 0.460. The van der Waals surface area contributed by atoms with Crippen LogP contribution in [0.25, 0.3) is 0 Å². The van der Waals surface area contributed by atoms with E-state index in [1.807, 2.05) is 0 Å². The molecule has 0 saturated heterocycles. The molecule has 2 aromatic rings. The van der Waals surface area contributed by atoms with Crippen molar-refractivity contribution in [2.75, 3.05) is 18.2 Å². The smallest absolute Gasteiger partial charge is 0.339 e. The van der Waals surface area contributed by atoms with Crippen LogP contribution >= 0.6 is 11.6 Å². The summed E-state index contributed by atoms with van der Waals surface area (Å²) in [5, 5.41) is 2.96. The van der Waals surface area contributed by atoms with Crippen molar-refractivity contribution >= 4 is 39.0 Å². The molecule has 132 valence electrons. The Kier molecular flexibility index (Phi) is 6.17. The molecule has 0 aliphatic carbocycles. The fourth-order valence-electron chi connectivity index (χ4n) is 2.08. The Morgan fingerprint density at radius 2 is 1.72 bits per heavy atom. The van der Waals surface area contributed by atoms with Crippen molar-refractivity contribution in [2.45, 2.75) is 11.3 Å². The lowest BCUT2D eigenvalue weighted by molar-refractivity contribution is -0.115. The largest absolute Gasteiger partial charge is 0.465 e. The third-order valence-electron chi connectivity index (χ3n) is 3.38. The minimum absolute atomic E-state index is 0.0969. The van der Waals surface area contributed by atoms with Crippen LogP contribution in [0.15, 0.2) is 53.4 Å². The zero-order chi connectivity index (χ0) is 18.4. The molecule has 0 heterocycles. The summed E-state index contributed by atoms with van der Waals surface area (Å²) in [6.45, 7) is 0. The second kappa shape index (κ2) is 8.13. The highest BCUT2D eigenvalue weighted by atomic mass is 35.5. The van der Waals surface area contributed by atoms with Crippen molar-refractivity contribution in [1.29, 1.82) is 0 Å². The summed E-state index contributed by atoms with van der Waals surface area (Å²) in [6.07, 6.45) is -0.250. The predicted molar refractivity (Wildman–Crippen MR) is 94.5 cm³/mol. The lowest BCUT2D eigenvalue weighted by Crippen LogP contribution is -2.19. The molecular formula is C17H16ClNO5S. The van der Waals surface area contributed by atoms with E-state index in [9.17, 15) is 18.0 Å². The van der Waals surface area contributed by atoms with Crippen LogP contribution in [-0.4, -0.2) is 33.2 Å². The molecule has 25 heavy (non-hydrogen) atoms. The first-order valence-electron chi connectivity index (χ1n) is 7.29. The van der Waals surface area contributed by atoms with E-state index in [1.165, 1.54) is 43.5 Å². The van der Waals surface area contributed by atoms with Gasteiger partial charge in [0.25, 0.3) is 0 Å². The topological polar surface area (TPSA) is 89.5 Å². The summed E-state index contributed by atoms with van der Waals surface area (Å²) in [4.78, 5) is 23.8. The Balaban J connectivity index is 2.04. The molecular weight excluding hydrogens is 366 g/mol. The van der Waals surface area contributed by atoms with Gasteiger partial charge in [-0.15, -0.1) is 0 Å². The molecule has 0 radical (unpaired) electrons. The van der Waals surface area contributed by atoms with Gasteiger partial charge in [-0.05, 0) is 36.4 Å². The summed E-state index contributed by atoms with van der Waals surface area (Å²) in [7, 11) is -2.37. The Bertz CT molecular complexity index is 878. The Morgan fingerprint density at radius 1 is 1.08 bits per heavy atom. The summed E-state index contributed by atoms with van der Waals surface area (Å²) in [5.74, 6) is -1.47. The van der Waals surface area contributed by atoms with Crippen molar-refractivity contribution in [1.82, 2.24) is 0 Å². The zero-order valence-electron chi connectivity index (χ0n) is 13.4. The maximum atomic E-state index is 12.2. The van der Waals surface area contributed by atoms with E-state index in [0.29, 0.717) is 5.02 Å². The minimum atomic E-state index is -3.61. The van der Waals surface area contributed by atoms with Gasteiger partial charge in [-0.1, -0.05) is 23.7 Å². The number of methoxy groups -OCH3 is 1. The van der Waals surface area contributed by atoms with Gasteiger partial charge < -0.3 is 10.1 Å². The van der Waals surface area contributed by atoms with Crippen molar-refractivity contribution in [3.8, 4) is 0 Å². The number of carbonyl (C=O) groups is 2. The molecule has 0 unspecified atom stereocenters. The van der Waals surface area contributed by atoms with E-state index < -0.39 is 21.7 Å². The Morgan fingerprint density at radius 3 is 2.36 bits per heavy atom.